The molecule has 3 heteroatoms. The van der Waals surface area contributed by atoms with Gasteiger partial charge in [0.25, 0.3) is 0 Å². The Balaban J connectivity index is 2.07. The van der Waals surface area contributed by atoms with Gasteiger partial charge in [0.2, 0.25) is 0 Å². The zero-order chi connectivity index (χ0) is 11.8. The molecule has 1 N–H and O–H groups in total. The maximum absolute atomic E-state index is 5.15. The second-order valence-electron chi connectivity index (χ2n) is 4.90. The highest BCUT2D eigenvalue weighted by Crippen LogP contribution is 2.25. The zero-order valence-electron chi connectivity index (χ0n) is 11.2. The molecule has 0 aromatic carbocycles. The van der Waals surface area contributed by atoms with E-state index >= 15 is 0 Å². The molecule has 0 aliphatic heterocycles. The molecule has 1 aliphatic rings. The molecule has 0 amide bonds. The molecule has 0 heterocycles. The lowest BCUT2D eigenvalue weighted by Crippen LogP contribution is -2.38. The Kier molecular flexibility index (Phi) is 7.01. The van der Waals surface area contributed by atoms with E-state index in [-0.39, 0.29) is 0 Å². The normalized spacial score (nSPS) is 18.0. The molecule has 0 aromatic rings. The smallest absolute Gasteiger partial charge is 0.0589 e. The van der Waals surface area contributed by atoms with Gasteiger partial charge in [0.05, 0.1) is 6.61 Å². The molecule has 16 heavy (non-hydrogen) atoms. The highest BCUT2D eigenvalue weighted by Gasteiger charge is 2.27. The third-order valence-corrected chi connectivity index (χ3v) is 3.26. The standard InChI is InChI=1S/C13H28N2O/c1-4-5-12(2)14-8-9-15(10-11-16-3)13-6-7-13/h12-14H,4-11H2,1-3H3. The summed E-state index contributed by atoms with van der Waals surface area (Å²) >= 11 is 0. The number of hydrogen-bond acceptors (Lipinski definition) is 3. The van der Waals surface area contributed by atoms with Gasteiger partial charge in [0.15, 0.2) is 0 Å². The highest BCUT2D eigenvalue weighted by atomic mass is 16.5. The molecule has 0 bridgehead atoms. The number of ether oxygens (including phenoxy) is 1. The summed E-state index contributed by atoms with van der Waals surface area (Å²) in [5.74, 6) is 0. The van der Waals surface area contributed by atoms with Gasteiger partial charge in [-0.1, -0.05) is 13.3 Å². The van der Waals surface area contributed by atoms with Crippen molar-refractivity contribution in [3.8, 4) is 0 Å². The molecular weight excluding hydrogens is 200 g/mol. The SMILES string of the molecule is CCCC(C)NCCN(CCOC)C1CC1. The van der Waals surface area contributed by atoms with Gasteiger partial charge in [0.1, 0.15) is 0 Å². The molecule has 96 valence electrons. The van der Waals surface area contributed by atoms with Crippen molar-refractivity contribution in [2.45, 2.75) is 51.6 Å². The van der Waals surface area contributed by atoms with E-state index in [1.807, 2.05) is 0 Å². The lowest BCUT2D eigenvalue weighted by molar-refractivity contribution is 0.143. The first-order chi connectivity index (χ1) is 7.77. The second kappa shape index (κ2) is 8.04. The summed E-state index contributed by atoms with van der Waals surface area (Å²) in [4.78, 5) is 2.56. The van der Waals surface area contributed by atoms with Crippen LogP contribution in [0.5, 0.6) is 0 Å². The van der Waals surface area contributed by atoms with Crippen LogP contribution in [0.4, 0.5) is 0 Å². The third-order valence-electron chi connectivity index (χ3n) is 3.26. The number of methoxy groups -OCH3 is 1. The van der Waals surface area contributed by atoms with Crippen molar-refractivity contribution >= 4 is 0 Å². The Morgan fingerprint density at radius 1 is 1.38 bits per heavy atom. The van der Waals surface area contributed by atoms with Crippen LogP contribution in [-0.2, 0) is 4.74 Å². The first-order valence-corrected chi connectivity index (χ1v) is 6.74. The molecule has 1 unspecified atom stereocenters. The molecule has 3 nitrogen and oxygen atoms in total. The van der Waals surface area contributed by atoms with Crippen LogP contribution < -0.4 is 5.32 Å². The minimum Gasteiger partial charge on any atom is -0.383 e. The number of hydrogen-bond donors (Lipinski definition) is 1. The average molecular weight is 228 g/mol. The molecule has 0 aromatic heterocycles. The Bertz CT molecular complexity index is 171. The van der Waals surface area contributed by atoms with Crippen LogP contribution >= 0.6 is 0 Å². The fourth-order valence-electron chi connectivity index (χ4n) is 2.11. The van der Waals surface area contributed by atoms with Crippen LogP contribution in [0.2, 0.25) is 0 Å². The summed E-state index contributed by atoms with van der Waals surface area (Å²) in [5.41, 5.74) is 0. The van der Waals surface area contributed by atoms with Crippen molar-refractivity contribution in [2.24, 2.45) is 0 Å². The fraction of sp³-hybridized carbons (Fsp3) is 1.00. The number of nitrogens with one attached hydrogen (secondary N) is 1. The Morgan fingerprint density at radius 2 is 2.12 bits per heavy atom. The monoisotopic (exact) mass is 228 g/mol. The molecule has 0 saturated heterocycles. The summed E-state index contributed by atoms with van der Waals surface area (Å²) in [6.45, 7) is 8.75. The molecule has 1 fully saturated rings. The average Bonchev–Trinajstić information content (AvgIpc) is 3.07. The van der Waals surface area contributed by atoms with E-state index in [9.17, 15) is 0 Å². The van der Waals surface area contributed by atoms with Gasteiger partial charge >= 0.3 is 0 Å². The molecule has 0 spiro atoms. The first-order valence-electron chi connectivity index (χ1n) is 6.74. The van der Waals surface area contributed by atoms with Crippen LogP contribution in [-0.4, -0.2) is 50.3 Å². The van der Waals surface area contributed by atoms with E-state index in [1.54, 1.807) is 7.11 Å². The van der Waals surface area contributed by atoms with E-state index in [1.165, 1.54) is 32.2 Å². The molecule has 1 atom stereocenters. The van der Waals surface area contributed by atoms with Gasteiger partial charge in [-0.3, -0.25) is 4.90 Å². The van der Waals surface area contributed by atoms with Crippen molar-refractivity contribution in [1.82, 2.24) is 10.2 Å². The first kappa shape index (κ1) is 13.9. The van der Waals surface area contributed by atoms with Crippen LogP contribution in [0, 0.1) is 0 Å². The summed E-state index contributed by atoms with van der Waals surface area (Å²) in [5, 5.41) is 3.59. The van der Waals surface area contributed by atoms with E-state index in [2.05, 4.69) is 24.1 Å². The molecule has 1 saturated carbocycles. The van der Waals surface area contributed by atoms with Crippen molar-refractivity contribution in [1.29, 1.82) is 0 Å². The van der Waals surface area contributed by atoms with E-state index in [0.29, 0.717) is 6.04 Å². The van der Waals surface area contributed by atoms with Gasteiger partial charge in [0, 0.05) is 38.8 Å². The summed E-state index contributed by atoms with van der Waals surface area (Å²) < 4.78 is 5.15. The van der Waals surface area contributed by atoms with Crippen LogP contribution in [0.15, 0.2) is 0 Å². The topological polar surface area (TPSA) is 24.5 Å². The lowest BCUT2D eigenvalue weighted by Gasteiger charge is -2.23. The summed E-state index contributed by atoms with van der Waals surface area (Å²) in [7, 11) is 1.78. The van der Waals surface area contributed by atoms with E-state index < -0.39 is 0 Å². The fourth-order valence-corrected chi connectivity index (χ4v) is 2.11. The maximum Gasteiger partial charge on any atom is 0.0589 e. The predicted octanol–water partition coefficient (Wildman–Crippen LogP) is 1.88. The quantitative estimate of drug-likeness (QED) is 0.618. The summed E-state index contributed by atoms with van der Waals surface area (Å²) in [6, 6.07) is 1.51. The predicted molar refractivity (Wildman–Crippen MR) is 68.8 cm³/mol. The van der Waals surface area contributed by atoms with Crippen LogP contribution in [0.1, 0.15) is 39.5 Å². The van der Waals surface area contributed by atoms with Gasteiger partial charge in [-0.15, -0.1) is 0 Å². The lowest BCUT2D eigenvalue weighted by atomic mass is 10.2. The van der Waals surface area contributed by atoms with Crippen molar-refractivity contribution in [3.63, 3.8) is 0 Å². The number of nitrogens with zero attached hydrogens (tertiary/aromatic N) is 1. The third kappa shape index (κ3) is 5.83. The van der Waals surface area contributed by atoms with Crippen LogP contribution in [0.3, 0.4) is 0 Å². The Morgan fingerprint density at radius 3 is 2.69 bits per heavy atom. The Labute approximate surface area is 101 Å². The molecule has 1 aliphatic carbocycles. The van der Waals surface area contributed by atoms with Gasteiger partial charge < -0.3 is 10.1 Å². The second-order valence-corrected chi connectivity index (χ2v) is 4.90. The number of rotatable bonds is 10. The molecule has 1 rings (SSSR count). The molecule has 0 radical (unpaired) electrons. The van der Waals surface area contributed by atoms with Crippen LogP contribution in [0.25, 0.3) is 0 Å². The minimum absolute atomic E-state index is 0.661. The van der Waals surface area contributed by atoms with Gasteiger partial charge in [-0.2, -0.15) is 0 Å². The van der Waals surface area contributed by atoms with Gasteiger partial charge in [-0.05, 0) is 26.2 Å². The Hall–Kier alpha value is -0.120. The van der Waals surface area contributed by atoms with Gasteiger partial charge in [-0.25, -0.2) is 0 Å². The zero-order valence-corrected chi connectivity index (χ0v) is 11.2. The summed E-state index contributed by atoms with van der Waals surface area (Å²) in [6.07, 6.45) is 5.31. The minimum atomic E-state index is 0.661. The maximum atomic E-state index is 5.15. The van der Waals surface area contributed by atoms with Crippen molar-refractivity contribution in [2.75, 3.05) is 33.4 Å². The van der Waals surface area contributed by atoms with Crippen molar-refractivity contribution in [3.05, 3.63) is 0 Å². The highest BCUT2D eigenvalue weighted by molar-refractivity contribution is 4.84. The van der Waals surface area contributed by atoms with Crippen molar-refractivity contribution < 1.29 is 4.74 Å². The van der Waals surface area contributed by atoms with E-state index in [0.717, 1.165) is 25.7 Å². The largest absolute Gasteiger partial charge is 0.383 e. The molecular formula is C13H28N2O. The van der Waals surface area contributed by atoms with E-state index in [4.69, 9.17) is 4.74 Å².